The van der Waals surface area contributed by atoms with Crippen molar-refractivity contribution in [2.45, 2.75) is 13.5 Å². The van der Waals surface area contributed by atoms with E-state index in [2.05, 4.69) is 20.3 Å². The first-order valence-electron chi connectivity index (χ1n) is 4.68. The van der Waals surface area contributed by atoms with Crippen molar-refractivity contribution in [2.75, 3.05) is 16.8 Å². The summed E-state index contributed by atoms with van der Waals surface area (Å²) in [5.41, 5.74) is 11.0. The molecule has 0 spiro atoms. The molecule has 0 radical (unpaired) electrons. The van der Waals surface area contributed by atoms with Crippen LogP contribution in [0.5, 0.6) is 0 Å². The van der Waals surface area contributed by atoms with Gasteiger partial charge in [-0.3, -0.25) is 0 Å². The van der Waals surface area contributed by atoms with E-state index in [1.165, 1.54) is 4.88 Å². The molecule has 0 aromatic carbocycles. The van der Waals surface area contributed by atoms with Crippen molar-refractivity contribution in [3.63, 3.8) is 0 Å². The Balaban J connectivity index is 2.04. The van der Waals surface area contributed by atoms with Gasteiger partial charge in [0.2, 0.25) is 5.95 Å². The van der Waals surface area contributed by atoms with Gasteiger partial charge in [0.15, 0.2) is 0 Å². The molecule has 0 fully saturated rings. The summed E-state index contributed by atoms with van der Waals surface area (Å²) >= 11 is 1.64. The van der Waals surface area contributed by atoms with Gasteiger partial charge in [0.1, 0.15) is 16.6 Å². The van der Waals surface area contributed by atoms with Gasteiger partial charge in [-0.05, 0) is 6.92 Å². The number of rotatable bonds is 3. The largest absolute Gasteiger partial charge is 0.383 e. The second kappa shape index (κ2) is 4.31. The topological polar surface area (TPSA) is 103 Å². The van der Waals surface area contributed by atoms with E-state index in [0.29, 0.717) is 18.2 Å². The van der Waals surface area contributed by atoms with E-state index in [9.17, 15) is 0 Å². The van der Waals surface area contributed by atoms with E-state index in [1.54, 1.807) is 17.4 Å². The molecule has 5 N–H and O–H groups in total. The average Bonchev–Trinajstić information content (AvgIpc) is 2.60. The van der Waals surface area contributed by atoms with Crippen molar-refractivity contribution in [3.05, 3.63) is 22.1 Å². The lowest BCUT2D eigenvalue weighted by molar-refractivity contribution is 1.07. The highest BCUT2D eigenvalue weighted by Crippen LogP contribution is 2.14. The number of thiazole rings is 1. The molecular weight excluding hydrogens is 224 g/mol. The number of anilines is 3. The molecule has 0 saturated carbocycles. The van der Waals surface area contributed by atoms with Crippen LogP contribution < -0.4 is 16.8 Å². The lowest BCUT2D eigenvalue weighted by atomic mass is 10.5. The summed E-state index contributed by atoms with van der Waals surface area (Å²) in [6.07, 6.45) is 1.84. The summed E-state index contributed by atoms with van der Waals surface area (Å²) in [6.45, 7) is 2.62. The minimum atomic E-state index is 0.165. The van der Waals surface area contributed by atoms with E-state index in [1.807, 2.05) is 13.1 Å². The number of nitrogens with zero attached hydrogens (tertiary/aromatic N) is 3. The Labute approximate surface area is 96.7 Å². The zero-order chi connectivity index (χ0) is 11.5. The quantitative estimate of drug-likeness (QED) is 0.735. The van der Waals surface area contributed by atoms with Crippen LogP contribution in [0.1, 0.15) is 9.88 Å². The predicted molar refractivity (Wildman–Crippen MR) is 65.0 cm³/mol. The molecule has 0 bridgehead atoms. The van der Waals surface area contributed by atoms with Gasteiger partial charge >= 0.3 is 0 Å². The number of hydrogen-bond acceptors (Lipinski definition) is 7. The molecule has 7 heteroatoms. The molecule has 6 nitrogen and oxygen atoms in total. The van der Waals surface area contributed by atoms with E-state index in [0.717, 1.165) is 5.01 Å². The van der Waals surface area contributed by atoms with E-state index in [4.69, 9.17) is 11.5 Å². The maximum atomic E-state index is 5.55. The normalized spacial score (nSPS) is 10.3. The Morgan fingerprint density at radius 2 is 2.19 bits per heavy atom. The van der Waals surface area contributed by atoms with Gasteiger partial charge in [-0.15, -0.1) is 11.3 Å². The van der Waals surface area contributed by atoms with Crippen LogP contribution >= 0.6 is 11.3 Å². The minimum Gasteiger partial charge on any atom is -0.383 e. The second-order valence-corrected chi connectivity index (χ2v) is 4.57. The standard InChI is InChI=1S/C9H12N6S/c1-5-3-13-8(16-5)4-12-7-2-6(10)14-9(11)15-7/h2-3H,4H2,1H3,(H5,10,11,12,14,15). The van der Waals surface area contributed by atoms with E-state index in [-0.39, 0.29) is 5.95 Å². The van der Waals surface area contributed by atoms with Crippen molar-refractivity contribution in [1.29, 1.82) is 0 Å². The Kier molecular flexibility index (Phi) is 2.86. The summed E-state index contributed by atoms with van der Waals surface area (Å²) in [5, 5.41) is 4.09. The lowest BCUT2D eigenvalue weighted by Gasteiger charge is -2.04. The molecule has 84 valence electrons. The summed E-state index contributed by atoms with van der Waals surface area (Å²) in [7, 11) is 0. The first-order valence-corrected chi connectivity index (χ1v) is 5.50. The molecule has 0 aliphatic carbocycles. The maximum absolute atomic E-state index is 5.55. The third-order valence-corrected chi connectivity index (χ3v) is 2.77. The highest BCUT2D eigenvalue weighted by Gasteiger charge is 2.01. The Hall–Kier alpha value is -1.89. The molecule has 16 heavy (non-hydrogen) atoms. The molecular formula is C9H12N6S. The van der Waals surface area contributed by atoms with Crippen LogP contribution in [0.3, 0.4) is 0 Å². The van der Waals surface area contributed by atoms with Crippen molar-refractivity contribution in [3.8, 4) is 0 Å². The fraction of sp³-hybridized carbons (Fsp3) is 0.222. The molecule has 0 aliphatic heterocycles. The van der Waals surface area contributed by atoms with Gasteiger partial charge < -0.3 is 16.8 Å². The first kappa shape index (κ1) is 10.6. The number of nitrogens with one attached hydrogen (secondary N) is 1. The molecule has 0 unspecified atom stereocenters. The monoisotopic (exact) mass is 236 g/mol. The van der Waals surface area contributed by atoms with Gasteiger partial charge in [-0.25, -0.2) is 4.98 Å². The third-order valence-electron chi connectivity index (χ3n) is 1.85. The van der Waals surface area contributed by atoms with Crippen LogP contribution in [0.4, 0.5) is 17.6 Å². The summed E-state index contributed by atoms with van der Waals surface area (Å²) in [6, 6.07) is 1.64. The maximum Gasteiger partial charge on any atom is 0.223 e. The minimum absolute atomic E-state index is 0.165. The van der Waals surface area contributed by atoms with Crippen LogP contribution in [0.15, 0.2) is 12.3 Å². The summed E-state index contributed by atoms with van der Waals surface area (Å²) < 4.78 is 0. The van der Waals surface area contributed by atoms with Crippen LogP contribution in [-0.4, -0.2) is 15.0 Å². The SMILES string of the molecule is Cc1cnc(CNc2cc(N)nc(N)n2)s1. The van der Waals surface area contributed by atoms with E-state index < -0.39 is 0 Å². The molecule has 2 aromatic heterocycles. The number of hydrogen-bond donors (Lipinski definition) is 3. The van der Waals surface area contributed by atoms with Crippen molar-refractivity contribution in [2.24, 2.45) is 0 Å². The van der Waals surface area contributed by atoms with Gasteiger partial charge in [-0.1, -0.05) is 0 Å². The highest BCUT2D eigenvalue weighted by atomic mass is 32.1. The van der Waals surface area contributed by atoms with Crippen LogP contribution in [-0.2, 0) is 6.54 Å². The molecule has 0 amide bonds. The van der Waals surface area contributed by atoms with Crippen LogP contribution in [0, 0.1) is 6.92 Å². The molecule has 0 atom stereocenters. The number of aryl methyl sites for hydroxylation is 1. The van der Waals surface area contributed by atoms with Gasteiger partial charge in [-0.2, -0.15) is 9.97 Å². The first-order chi connectivity index (χ1) is 7.63. The Bertz CT molecular complexity index is 474. The molecule has 2 rings (SSSR count). The van der Waals surface area contributed by atoms with Crippen LogP contribution in [0.2, 0.25) is 0 Å². The fourth-order valence-corrected chi connectivity index (χ4v) is 1.95. The molecule has 0 saturated heterocycles. The summed E-state index contributed by atoms with van der Waals surface area (Å²) in [5.74, 6) is 1.13. The Morgan fingerprint density at radius 1 is 1.38 bits per heavy atom. The van der Waals surface area contributed by atoms with Gasteiger partial charge in [0.05, 0.1) is 6.54 Å². The second-order valence-electron chi connectivity index (χ2n) is 3.25. The smallest absolute Gasteiger partial charge is 0.223 e. The van der Waals surface area contributed by atoms with Crippen molar-refractivity contribution >= 4 is 28.9 Å². The van der Waals surface area contributed by atoms with Crippen LogP contribution in [0.25, 0.3) is 0 Å². The molecule has 2 aromatic rings. The average molecular weight is 236 g/mol. The number of aromatic nitrogens is 3. The summed E-state index contributed by atoms with van der Waals surface area (Å²) in [4.78, 5) is 13.2. The van der Waals surface area contributed by atoms with Crippen molar-refractivity contribution < 1.29 is 0 Å². The third kappa shape index (κ3) is 2.57. The van der Waals surface area contributed by atoms with Gasteiger partial charge in [0.25, 0.3) is 0 Å². The molecule has 0 aliphatic rings. The number of nitrogens with two attached hydrogens (primary N) is 2. The Morgan fingerprint density at radius 3 is 2.81 bits per heavy atom. The fourth-order valence-electron chi connectivity index (χ4n) is 1.23. The predicted octanol–water partition coefficient (Wildman–Crippen LogP) is 1.02. The molecule has 2 heterocycles. The number of nitrogen functional groups attached to an aromatic ring is 2. The zero-order valence-corrected chi connectivity index (χ0v) is 9.58. The zero-order valence-electron chi connectivity index (χ0n) is 8.77. The highest BCUT2D eigenvalue weighted by molar-refractivity contribution is 7.11. The lowest BCUT2D eigenvalue weighted by Crippen LogP contribution is -2.05. The van der Waals surface area contributed by atoms with Gasteiger partial charge in [0, 0.05) is 17.1 Å². The van der Waals surface area contributed by atoms with E-state index >= 15 is 0 Å². The van der Waals surface area contributed by atoms with Crippen molar-refractivity contribution in [1.82, 2.24) is 15.0 Å².